The Labute approximate surface area is 118 Å². The summed E-state index contributed by atoms with van der Waals surface area (Å²) >= 11 is 0. The minimum Gasteiger partial charge on any atom is -0.508 e. The first kappa shape index (κ1) is 16.0. The van der Waals surface area contributed by atoms with Crippen LogP contribution in [0.3, 0.4) is 0 Å². The number of nitrogens with zero attached hydrogens (tertiary/aromatic N) is 1. The third-order valence-corrected chi connectivity index (χ3v) is 3.86. The predicted molar refractivity (Wildman–Crippen MR) is 82.9 cm³/mol. The molecule has 108 valence electrons. The second-order valence-corrected chi connectivity index (χ2v) is 6.18. The first-order valence-electron chi connectivity index (χ1n) is 7.38. The molecule has 1 aromatic carbocycles. The molecular formula is C17H29NO. The minimum atomic E-state index is 0.389. The van der Waals surface area contributed by atoms with E-state index in [9.17, 15) is 5.11 Å². The summed E-state index contributed by atoms with van der Waals surface area (Å²) < 4.78 is 0. The molecule has 0 saturated heterocycles. The van der Waals surface area contributed by atoms with Crippen molar-refractivity contribution in [2.24, 2.45) is 0 Å². The minimum absolute atomic E-state index is 0.389. The first-order chi connectivity index (χ1) is 8.82. The normalized spacial score (nSPS) is 13.5. The van der Waals surface area contributed by atoms with Crippen LogP contribution in [0.25, 0.3) is 0 Å². The largest absolute Gasteiger partial charge is 0.508 e. The van der Waals surface area contributed by atoms with Gasteiger partial charge in [-0.1, -0.05) is 24.6 Å². The predicted octanol–water partition coefficient (Wildman–Crippen LogP) is 4.31. The molecule has 0 bridgehead atoms. The highest BCUT2D eigenvalue weighted by atomic mass is 16.3. The zero-order valence-electron chi connectivity index (χ0n) is 13.3. The van der Waals surface area contributed by atoms with Crippen LogP contribution in [0.4, 0.5) is 0 Å². The number of aryl methyl sites for hydroxylation is 1. The Kier molecular flexibility index (Phi) is 5.86. The fraction of sp³-hybridized carbons (Fsp3) is 0.647. The molecular weight excluding hydrogens is 234 g/mol. The van der Waals surface area contributed by atoms with Gasteiger partial charge in [-0.05, 0) is 65.1 Å². The number of hydrogen-bond donors (Lipinski definition) is 1. The monoisotopic (exact) mass is 263 g/mol. The van der Waals surface area contributed by atoms with Crippen LogP contribution in [-0.2, 0) is 0 Å². The van der Waals surface area contributed by atoms with Crippen LogP contribution in [-0.4, -0.2) is 28.6 Å². The van der Waals surface area contributed by atoms with Crippen LogP contribution in [0.1, 0.15) is 58.1 Å². The lowest BCUT2D eigenvalue weighted by Gasteiger charge is -2.31. The summed E-state index contributed by atoms with van der Waals surface area (Å²) in [7, 11) is 0. The lowest BCUT2D eigenvalue weighted by molar-refractivity contribution is 0.169. The molecule has 19 heavy (non-hydrogen) atoms. The number of phenolic OH excluding ortho intramolecular Hbond substituents is 1. The van der Waals surface area contributed by atoms with E-state index in [0.29, 0.717) is 23.8 Å². The standard InChI is InChI=1S/C17H29NO/c1-12(2)18(13(3)4)10-9-15(6)16-11-14(5)7-8-17(16)19/h7-8,11-13,15,19H,9-10H2,1-6H3/t15-/m0/s1. The second kappa shape index (κ2) is 6.95. The molecule has 0 radical (unpaired) electrons. The van der Waals surface area contributed by atoms with Gasteiger partial charge in [0, 0.05) is 12.1 Å². The van der Waals surface area contributed by atoms with Gasteiger partial charge in [0.05, 0.1) is 0 Å². The highest BCUT2D eigenvalue weighted by Crippen LogP contribution is 2.29. The van der Waals surface area contributed by atoms with Crippen molar-refractivity contribution in [3.05, 3.63) is 29.3 Å². The summed E-state index contributed by atoms with van der Waals surface area (Å²) in [6.07, 6.45) is 1.08. The Morgan fingerprint density at radius 1 is 1.05 bits per heavy atom. The third-order valence-electron chi connectivity index (χ3n) is 3.86. The van der Waals surface area contributed by atoms with Crippen molar-refractivity contribution >= 4 is 0 Å². The number of phenols is 1. The number of rotatable bonds is 6. The van der Waals surface area contributed by atoms with E-state index < -0.39 is 0 Å². The van der Waals surface area contributed by atoms with Crippen LogP contribution in [0.15, 0.2) is 18.2 Å². The molecule has 0 amide bonds. The van der Waals surface area contributed by atoms with Gasteiger partial charge in [0.1, 0.15) is 5.75 Å². The Balaban J connectivity index is 2.69. The number of benzene rings is 1. The average Bonchev–Trinajstić information content (AvgIpc) is 2.31. The highest BCUT2D eigenvalue weighted by Gasteiger charge is 2.16. The van der Waals surface area contributed by atoms with Crippen LogP contribution in [0.2, 0.25) is 0 Å². The molecule has 1 atom stereocenters. The van der Waals surface area contributed by atoms with Crippen molar-refractivity contribution in [2.45, 2.75) is 66.0 Å². The summed E-state index contributed by atoms with van der Waals surface area (Å²) in [6, 6.07) is 7.01. The molecule has 2 heteroatoms. The first-order valence-corrected chi connectivity index (χ1v) is 7.38. The van der Waals surface area contributed by atoms with Crippen molar-refractivity contribution in [3.8, 4) is 5.75 Å². The maximum atomic E-state index is 9.98. The molecule has 0 aliphatic carbocycles. The van der Waals surface area contributed by atoms with Gasteiger partial charge in [0.2, 0.25) is 0 Å². The van der Waals surface area contributed by atoms with E-state index in [-0.39, 0.29) is 0 Å². The summed E-state index contributed by atoms with van der Waals surface area (Å²) in [5.74, 6) is 0.818. The van der Waals surface area contributed by atoms with Crippen LogP contribution in [0, 0.1) is 6.92 Å². The fourth-order valence-electron chi connectivity index (χ4n) is 2.68. The molecule has 1 N–H and O–H groups in total. The van der Waals surface area contributed by atoms with E-state index in [2.05, 4.69) is 52.5 Å². The molecule has 0 aromatic heterocycles. The van der Waals surface area contributed by atoms with Crippen LogP contribution >= 0.6 is 0 Å². The zero-order chi connectivity index (χ0) is 14.6. The van der Waals surface area contributed by atoms with Gasteiger partial charge in [-0.25, -0.2) is 0 Å². The lowest BCUT2D eigenvalue weighted by atomic mass is 9.94. The summed E-state index contributed by atoms with van der Waals surface area (Å²) in [4.78, 5) is 2.50. The van der Waals surface area contributed by atoms with Gasteiger partial charge in [-0.3, -0.25) is 4.90 Å². The van der Waals surface area contributed by atoms with Crippen molar-refractivity contribution in [1.29, 1.82) is 0 Å². The molecule has 1 rings (SSSR count). The molecule has 1 aromatic rings. The van der Waals surface area contributed by atoms with Gasteiger partial charge >= 0.3 is 0 Å². The SMILES string of the molecule is Cc1ccc(O)c([C@@H](C)CCN(C(C)C)C(C)C)c1. The Morgan fingerprint density at radius 2 is 1.63 bits per heavy atom. The Bertz CT molecular complexity index is 390. The molecule has 0 aliphatic rings. The lowest BCUT2D eigenvalue weighted by Crippen LogP contribution is -2.38. The number of aromatic hydroxyl groups is 1. The van der Waals surface area contributed by atoms with E-state index >= 15 is 0 Å². The third kappa shape index (κ3) is 4.54. The molecule has 0 spiro atoms. The van der Waals surface area contributed by atoms with Crippen molar-refractivity contribution in [2.75, 3.05) is 6.54 Å². The van der Waals surface area contributed by atoms with Crippen LogP contribution in [0.5, 0.6) is 5.75 Å². The fourth-order valence-corrected chi connectivity index (χ4v) is 2.68. The van der Waals surface area contributed by atoms with Gasteiger partial charge in [-0.15, -0.1) is 0 Å². The van der Waals surface area contributed by atoms with Gasteiger partial charge in [0.25, 0.3) is 0 Å². The van der Waals surface area contributed by atoms with Gasteiger partial charge in [0.15, 0.2) is 0 Å². The van der Waals surface area contributed by atoms with E-state index in [0.717, 1.165) is 18.5 Å². The summed E-state index contributed by atoms with van der Waals surface area (Å²) in [5.41, 5.74) is 2.29. The van der Waals surface area contributed by atoms with Crippen molar-refractivity contribution < 1.29 is 5.11 Å². The topological polar surface area (TPSA) is 23.5 Å². The van der Waals surface area contributed by atoms with Crippen LogP contribution < -0.4 is 0 Å². The molecule has 0 heterocycles. The highest BCUT2D eigenvalue weighted by molar-refractivity contribution is 5.37. The van der Waals surface area contributed by atoms with Crippen molar-refractivity contribution in [3.63, 3.8) is 0 Å². The molecule has 0 aliphatic heterocycles. The zero-order valence-corrected chi connectivity index (χ0v) is 13.3. The second-order valence-electron chi connectivity index (χ2n) is 6.18. The summed E-state index contributed by atoms with van der Waals surface area (Å²) in [6.45, 7) is 14.3. The van der Waals surface area contributed by atoms with E-state index in [4.69, 9.17) is 0 Å². The summed E-state index contributed by atoms with van der Waals surface area (Å²) in [5, 5.41) is 9.98. The quantitative estimate of drug-likeness (QED) is 0.826. The maximum absolute atomic E-state index is 9.98. The van der Waals surface area contributed by atoms with E-state index in [1.165, 1.54) is 5.56 Å². The molecule has 0 fully saturated rings. The Morgan fingerprint density at radius 3 is 2.16 bits per heavy atom. The maximum Gasteiger partial charge on any atom is 0.119 e. The molecule has 2 nitrogen and oxygen atoms in total. The Hall–Kier alpha value is -1.02. The van der Waals surface area contributed by atoms with E-state index in [1.807, 2.05) is 12.1 Å². The van der Waals surface area contributed by atoms with Crippen molar-refractivity contribution in [1.82, 2.24) is 4.90 Å². The smallest absolute Gasteiger partial charge is 0.119 e. The number of hydrogen-bond acceptors (Lipinski definition) is 2. The molecule has 0 saturated carbocycles. The van der Waals surface area contributed by atoms with E-state index in [1.54, 1.807) is 0 Å². The molecule has 0 unspecified atom stereocenters. The van der Waals surface area contributed by atoms with Gasteiger partial charge < -0.3 is 5.11 Å². The van der Waals surface area contributed by atoms with Gasteiger partial charge in [-0.2, -0.15) is 0 Å². The average molecular weight is 263 g/mol.